The molecule has 0 N–H and O–H groups in total. The highest BCUT2D eigenvalue weighted by Crippen LogP contribution is 2.27. The number of rotatable bonds is 4. The number of hydrogen-bond donors (Lipinski definition) is 0. The Morgan fingerprint density at radius 3 is 2.85 bits per heavy atom. The quantitative estimate of drug-likeness (QED) is 0.515. The molecule has 0 unspecified atom stereocenters. The summed E-state index contributed by atoms with van der Waals surface area (Å²) in [6, 6.07) is 10.1. The van der Waals surface area contributed by atoms with Gasteiger partial charge < -0.3 is 4.74 Å². The molecule has 0 amide bonds. The Kier molecular flexibility index (Phi) is 4.27. The molecule has 0 saturated carbocycles. The lowest BCUT2D eigenvalue weighted by molar-refractivity contribution is 0.0519. The molecular weight excluding hydrogens is 347 g/mol. The molecule has 0 atom stereocenters. The van der Waals surface area contributed by atoms with Crippen molar-refractivity contribution >= 4 is 22.5 Å². The molecule has 136 valence electrons. The molecule has 27 heavy (non-hydrogen) atoms. The third-order valence-corrected chi connectivity index (χ3v) is 4.32. The van der Waals surface area contributed by atoms with E-state index in [1.807, 2.05) is 13.0 Å². The Balaban J connectivity index is 1.88. The number of aromatic nitrogens is 4. The van der Waals surface area contributed by atoms with Crippen LogP contribution in [-0.2, 0) is 11.2 Å². The van der Waals surface area contributed by atoms with E-state index < -0.39 is 11.8 Å². The summed E-state index contributed by atoms with van der Waals surface area (Å²) in [6.45, 7) is 3.97. The van der Waals surface area contributed by atoms with Gasteiger partial charge in [0.05, 0.1) is 17.8 Å². The second-order valence-corrected chi connectivity index (χ2v) is 6.03. The number of nitrogens with zero attached hydrogens (tertiary/aromatic N) is 4. The van der Waals surface area contributed by atoms with Gasteiger partial charge in [-0.1, -0.05) is 13.0 Å². The van der Waals surface area contributed by atoms with Crippen molar-refractivity contribution in [2.75, 3.05) is 6.61 Å². The SMILES string of the molecule is CCOC(=O)c1cc(CC)n2nc(-c3cc4cccnc4cc3F)cc2n1. The van der Waals surface area contributed by atoms with Crippen LogP contribution in [0.3, 0.4) is 0 Å². The summed E-state index contributed by atoms with van der Waals surface area (Å²) in [7, 11) is 0. The molecular formula is C20H17FN4O2. The molecule has 7 heteroatoms. The molecule has 3 aromatic heterocycles. The Morgan fingerprint density at radius 2 is 2.07 bits per heavy atom. The van der Waals surface area contributed by atoms with Crippen molar-refractivity contribution < 1.29 is 13.9 Å². The van der Waals surface area contributed by atoms with E-state index in [0.29, 0.717) is 28.8 Å². The van der Waals surface area contributed by atoms with Gasteiger partial charge in [-0.2, -0.15) is 5.10 Å². The number of hydrogen-bond acceptors (Lipinski definition) is 5. The van der Waals surface area contributed by atoms with Crippen LogP contribution in [0.1, 0.15) is 30.0 Å². The van der Waals surface area contributed by atoms with Crippen molar-refractivity contribution in [2.45, 2.75) is 20.3 Å². The minimum atomic E-state index is -0.486. The molecule has 6 nitrogen and oxygen atoms in total. The predicted octanol–water partition coefficient (Wildman–Crippen LogP) is 3.82. The number of aryl methyl sites for hydroxylation is 1. The highest BCUT2D eigenvalue weighted by Gasteiger charge is 2.17. The maximum absolute atomic E-state index is 14.6. The molecule has 4 rings (SSSR count). The number of carbonyl (C=O) groups is 1. The molecule has 4 aromatic rings. The van der Waals surface area contributed by atoms with Crippen molar-refractivity contribution in [3.05, 3.63) is 59.8 Å². The van der Waals surface area contributed by atoms with Crippen molar-refractivity contribution in [1.29, 1.82) is 0 Å². The van der Waals surface area contributed by atoms with Gasteiger partial charge in [0.25, 0.3) is 0 Å². The summed E-state index contributed by atoms with van der Waals surface area (Å²) in [5.74, 6) is -0.895. The number of fused-ring (bicyclic) bond motifs is 2. The third kappa shape index (κ3) is 3.01. The largest absolute Gasteiger partial charge is 0.461 e. The first-order valence-electron chi connectivity index (χ1n) is 8.72. The first kappa shape index (κ1) is 17.1. The molecule has 0 aliphatic carbocycles. The fraction of sp³-hybridized carbons (Fsp3) is 0.200. The maximum atomic E-state index is 14.6. The minimum absolute atomic E-state index is 0.218. The number of esters is 1. The molecule has 0 saturated heterocycles. The van der Waals surface area contributed by atoms with Gasteiger partial charge >= 0.3 is 5.97 Å². The average Bonchev–Trinajstić information content (AvgIpc) is 3.10. The number of carbonyl (C=O) groups excluding carboxylic acids is 1. The zero-order valence-electron chi connectivity index (χ0n) is 14.9. The van der Waals surface area contributed by atoms with Crippen molar-refractivity contribution in [3.8, 4) is 11.3 Å². The van der Waals surface area contributed by atoms with Gasteiger partial charge in [-0.15, -0.1) is 0 Å². The monoisotopic (exact) mass is 364 g/mol. The summed E-state index contributed by atoms with van der Waals surface area (Å²) >= 11 is 0. The highest BCUT2D eigenvalue weighted by atomic mass is 19.1. The van der Waals surface area contributed by atoms with Gasteiger partial charge in [-0.25, -0.2) is 18.7 Å². The molecule has 0 aliphatic rings. The molecule has 0 fully saturated rings. The van der Waals surface area contributed by atoms with Crippen LogP contribution in [0.4, 0.5) is 4.39 Å². The molecule has 0 aliphatic heterocycles. The summed E-state index contributed by atoms with van der Waals surface area (Å²) < 4.78 is 21.3. The lowest BCUT2D eigenvalue weighted by Gasteiger charge is -2.05. The zero-order chi connectivity index (χ0) is 19.0. The molecule has 0 radical (unpaired) electrons. The first-order chi connectivity index (χ1) is 13.1. The van der Waals surface area contributed by atoms with Crippen molar-refractivity contribution in [1.82, 2.24) is 19.6 Å². The van der Waals surface area contributed by atoms with Crippen LogP contribution in [0.2, 0.25) is 0 Å². The summed E-state index contributed by atoms with van der Waals surface area (Å²) in [5, 5.41) is 5.33. The van der Waals surface area contributed by atoms with Gasteiger partial charge in [0.2, 0.25) is 0 Å². The van der Waals surface area contributed by atoms with E-state index in [0.717, 1.165) is 11.1 Å². The van der Waals surface area contributed by atoms with Crippen LogP contribution in [0.25, 0.3) is 27.8 Å². The Morgan fingerprint density at radius 1 is 1.22 bits per heavy atom. The van der Waals surface area contributed by atoms with Crippen LogP contribution in [-0.4, -0.2) is 32.2 Å². The summed E-state index contributed by atoms with van der Waals surface area (Å²) in [5.41, 5.74) is 2.87. The second-order valence-electron chi connectivity index (χ2n) is 6.03. The van der Waals surface area contributed by atoms with Crippen LogP contribution in [0, 0.1) is 5.82 Å². The average molecular weight is 364 g/mol. The predicted molar refractivity (Wildman–Crippen MR) is 99.0 cm³/mol. The Hall–Kier alpha value is -3.35. The normalized spacial score (nSPS) is 11.2. The minimum Gasteiger partial charge on any atom is -0.461 e. The van der Waals surface area contributed by atoms with Crippen molar-refractivity contribution in [3.63, 3.8) is 0 Å². The van der Waals surface area contributed by atoms with Gasteiger partial charge in [0.1, 0.15) is 5.82 Å². The van der Waals surface area contributed by atoms with Gasteiger partial charge in [0.15, 0.2) is 11.3 Å². The van der Waals surface area contributed by atoms with Crippen LogP contribution < -0.4 is 0 Å². The zero-order valence-corrected chi connectivity index (χ0v) is 14.9. The smallest absolute Gasteiger partial charge is 0.357 e. The molecule has 0 spiro atoms. The lowest BCUT2D eigenvalue weighted by Crippen LogP contribution is -2.10. The molecule has 1 aromatic carbocycles. The topological polar surface area (TPSA) is 69.4 Å². The van der Waals surface area contributed by atoms with E-state index >= 15 is 0 Å². The third-order valence-electron chi connectivity index (χ3n) is 4.32. The number of ether oxygens (including phenoxy) is 1. The van der Waals surface area contributed by atoms with Crippen LogP contribution in [0.5, 0.6) is 0 Å². The second kappa shape index (κ2) is 6.75. The first-order valence-corrected chi connectivity index (χ1v) is 8.72. The summed E-state index contributed by atoms with van der Waals surface area (Å²) in [6.07, 6.45) is 2.26. The fourth-order valence-electron chi connectivity index (χ4n) is 3.02. The van der Waals surface area contributed by atoms with Crippen LogP contribution >= 0.6 is 0 Å². The summed E-state index contributed by atoms with van der Waals surface area (Å²) in [4.78, 5) is 20.6. The van der Waals surface area contributed by atoms with Gasteiger partial charge in [0, 0.05) is 35.0 Å². The standard InChI is InChI=1S/C20H17FN4O2/c1-3-13-9-18(20(26)27-4-2)23-19-11-17(24-25(13)19)14-8-12-6-5-7-22-16(12)10-15(14)21/h5-11H,3-4H2,1-2H3. The van der Waals surface area contributed by atoms with E-state index in [9.17, 15) is 9.18 Å². The number of pyridine rings is 1. The Labute approximate surface area is 154 Å². The van der Waals surface area contributed by atoms with E-state index in [1.54, 1.807) is 41.9 Å². The molecule has 0 bridgehead atoms. The fourth-order valence-corrected chi connectivity index (χ4v) is 3.02. The number of halogens is 1. The van der Waals surface area contributed by atoms with E-state index in [2.05, 4.69) is 15.1 Å². The lowest BCUT2D eigenvalue weighted by atomic mass is 10.1. The van der Waals surface area contributed by atoms with Gasteiger partial charge in [-0.05, 0) is 31.5 Å². The Bertz CT molecular complexity index is 1170. The van der Waals surface area contributed by atoms with Crippen molar-refractivity contribution in [2.24, 2.45) is 0 Å². The maximum Gasteiger partial charge on any atom is 0.357 e. The number of benzene rings is 1. The molecule has 3 heterocycles. The van der Waals surface area contributed by atoms with Gasteiger partial charge in [-0.3, -0.25) is 4.98 Å². The van der Waals surface area contributed by atoms with Crippen LogP contribution in [0.15, 0.2) is 42.6 Å². The highest BCUT2D eigenvalue weighted by molar-refractivity contribution is 5.88. The van der Waals surface area contributed by atoms with E-state index in [1.165, 1.54) is 6.07 Å². The van der Waals surface area contributed by atoms with E-state index in [-0.39, 0.29) is 12.3 Å². The van der Waals surface area contributed by atoms with E-state index in [4.69, 9.17) is 4.74 Å².